The molecule has 158 valence electrons. The van der Waals surface area contributed by atoms with Crippen molar-refractivity contribution in [1.82, 2.24) is 20.0 Å². The molecule has 2 heterocycles. The second-order valence-electron chi connectivity index (χ2n) is 7.55. The van der Waals surface area contributed by atoms with Crippen LogP contribution >= 0.6 is 0 Å². The molecule has 2 aromatic carbocycles. The Bertz CT molecular complexity index is 1290. The Hall–Kier alpha value is -3.94. The van der Waals surface area contributed by atoms with Crippen molar-refractivity contribution in [1.29, 1.82) is 0 Å². The van der Waals surface area contributed by atoms with Crippen LogP contribution in [-0.4, -0.2) is 40.4 Å². The normalized spacial score (nSPS) is 11.6. The van der Waals surface area contributed by atoms with Crippen molar-refractivity contribution in [3.63, 3.8) is 0 Å². The predicted molar refractivity (Wildman–Crippen MR) is 123 cm³/mol. The molecule has 4 aromatic rings. The lowest BCUT2D eigenvalue weighted by Crippen LogP contribution is -2.28. The van der Waals surface area contributed by atoms with Crippen LogP contribution in [-0.2, 0) is 0 Å². The van der Waals surface area contributed by atoms with Gasteiger partial charge in [0.2, 0.25) is 0 Å². The van der Waals surface area contributed by atoms with Gasteiger partial charge in [0.1, 0.15) is 22.6 Å². The highest BCUT2D eigenvalue weighted by molar-refractivity contribution is 6.10. The number of anilines is 1. The van der Waals surface area contributed by atoms with Crippen molar-refractivity contribution >= 4 is 40.1 Å². The molecule has 0 spiro atoms. The number of aromatic nitrogens is 3. The molecule has 0 unspecified atom stereocenters. The molecular weight excluding hydrogens is 392 g/mol. The maximum atomic E-state index is 13.0. The lowest BCUT2D eigenvalue weighted by atomic mass is 10.2. The van der Waals surface area contributed by atoms with E-state index in [0.29, 0.717) is 40.4 Å². The van der Waals surface area contributed by atoms with Crippen LogP contribution in [0.5, 0.6) is 5.75 Å². The number of benzene rings is 2. The van der Waals surface area contributed by atoms with Gasteiger partial charge in [-0.25, -0.2) is 9.97 Å². The van der Waals surface area contributed by atoms with Gasteiger partial charge in [-0.2, -0.15) is 9.78 Å². The highest BCUT2D eigenvalue weighted by Crippen LogP contribution is 2.28. The van der Waals surface area contributed by atoms with Crippen LogP contribution in [0.2, 0.25) is 0 Å². The molecular formula is C23H24N6O2. The molecule has 8 heteroatoms. The third-order valence-electron chi connectivity index (χ3n) is 4.82. The topological polar surface area (TPSA) is 107 Å². The van der Waals surface area contributed by atoms with Crippen LogP contribution in [0, 0.1) is 5.92 Å². The molecule has 0 aliphatic rings. The Morgan fingerprint density at radius 1 is 1.16 bits per heavy atom. The van der Waals surface area contributed by atoms with Crippen LogP contribution in [0.25, 0.3) is 22.2 Å². The summed E-state index contributed by atoms with van der Waals surface area (Å²) in [5.74, 6) is 0.853. The Balaban J connectivity index is 1.89. The van der Waals surface area contributed by atoms with Crippen molar-refractivity contribution in [3.05, 3.63) is 59.7 Å². The zero-order valence-electron chi connectivity index (χ0n) is 17.7. The minimum atomic E-state index is -0.299. The van der Waals surface area contributed by atoms with Crippen molar-refractivity contribution in [2.45, 2.75) is 13.8 Å². The molecule has 0 atom stereocenters. The van der Waals surface area contributed by atoms with E-state index in [1.165, 1.54) is 4.68 Å². The monoisotopic (exact) mass is 416 g/mol. The van der Waals surface area contributed by atoms with Gasteiger partial charge in [0, 0.05) is 12.1 Å². The van der Waals surface area contributed by atoms with Gasteiger partial charge < -0.3 is 15.8 Å². The number of amides is 1. The molecule has 0 fully saturated rings. The number of nitrogens with two attached hydrogens (primary N) is 1. The average Bonchev–Trinajstić information content (AvgIpc) is 3.04. The van der Waals surface area contributed by atoms with Crippen LogP contribution in [0.3, 0.4) is 0 Å². The number of ether oxygens (including phenoxy) is 1. The van der Waals surface area contributed by atoms with E-state index in [-0.39, 0.29) is 17.3 Å². The number of carbonyl (C=O) groups is 1. The number of hydrogen-bond donors (Lipinski definition) is 2. The summed E-state index contributed by atoms with van der Waals surface area (Å²) in [7, 11) is 1.60. The molecule has 1 amide bonds. The van der Waals surface area contributed by atoms with E-state index >= 15 is 0 Å². The summed E-state index contributed by atoms with van der Waals surface area (Å²) in [4.78, 5) is 22.3. The first-order chi connectivity index (χ1) is 15.0. The number of para-hydroxylation sites is 3. The summed E-state index contributed by atoms with van der Waals surface area (Å²) in [5.41, 5.74) is 9.63. The quantitative estimate of drug-likeness (QED) is 0.468. The van der Waals surface area contributed by atoms with Gasteiger partial charge in [-0.15, -0.1) is 0 Å². The Morgan fingerprint density at radius 3 is 2.55 bits per heavy atom. The Morgan fingerprint density at radius 2 is 1.84 bits per heavy atom. The maximum Gasteiger partial charge on any atom is 0.257 e. The minimum absolute atomic E-state index is 0.178. The molecule has 0 aliphatic carbocycles. The lowest BCUT2D eigenvalue weighted by Gasteiger charge is -2.07. The van der Waals surface area contributed by atoms with Gasteiger partial charge in [-0.05, 0) is 30.2 Å². The SMILES string of the molecule is COc1ccccc1C=Nn1c(N)c(C(=O)NCC(C)C)c2nc3ccccc3nc21. The number of methoxy groups -OCH3 is 1. The molecule has 8 nitrogen and oxygen atoms in total. The fourth-order valence-corrected chi connectivity index (χ4v) is 3.27. The minimum Gasteiger partial charge on any atom is -0.496 e. The lowest BCUT2D eigenvalue weighted by molar-refractivity contribution is 0.0951. The van der Waals surface area contributed by atoms with Crippen molar-refractivity contribution in [2.24, 2.45) is 11.0 Å². The fourth-order valence-electron chi connectivity index (χ4n) is 3.27. The van der Waals surface area contributed by atoms with Gasteiger partial charge in [0.25, 0.3) is 5.91 Å². The molecule has 4 rings (SSSR count). The molecule has 0 saturated carbocycles. The summed E-state index contributed by atoms with van der Waals surface area (Å²) >= 11 is 0. The highest BCUT2D eigenvalue weighted by atomic mass is 16.5. The summed E-state index contributed by atoms with van der Waals surface area (Å²) in [5, 5.41) is 7.43. The smallest absolute Gasteiger partial charge is 0.257 e. The van der Waals surface area contributed by atoms with E-state index < -0.39 is 0 Å². The average molecular weight is 416 g/mol. The van der Waals surface area contributed by atoms with Gasteiger partial charge in [-0.3, -0.25) is 4.79 Å². The predicted octanol–water partition coefficient (Wildman–Crippen LogP) is 3.44. The summed E-state index contributed by atoms with van der Waals surface area (Å²) in [6, 6.07) is 15.0. The van der Waals surface area contributed by atoms with E-state index in [2.05, 4.69) is 20.4 Å². The van der Waals surface area contributed by atoms with E-state index in [9.17, 15) is 4.79 Å². The van der Waals surface area contributed by atoms with Crippen LogP contribution in [0.4, 0.5) is 5.82 Å². The number of nitrogen functional groups attached to an aromatic ring is 1. The van der Waals surface area contributed by atoms with E-state index in [1.54, 1.807) is 13.3 Å². The van der Waals surface area contributed by atoms with Gasteiger partial charge in [0.05, 0.1) is 24.4 Å². The zero-order chi connectivity index (χ0) is 22.0. The number of carbonyl (C=O) groups excluding carboxylic acids is 1. The maximum absolute atomic E-state index is 13.0. The van der Waals surface area contributed by atoms with Crippen LogP contribution < -0.4 is 15.8 Å². The number of rotatable bonds is 6. The summed E-state index contributed by atoms with van der Waals surface area (Å²) in [6.07, 6.45) is 1.63. The van der Waals surface area contributed by atoms with Crippen molar-refractivity contribution in [3.8, 4) is 5.75 Å². The molecule has 0 aliphatic heterocycles. The zero-order valence-corrected chi connectivity index (χ0v) is 17.7. The standard InChI is InChI=1S/C23H24N6O2/c1-14(2)12-25-23(30)19-20-22(28-17-10-6-5-9-16(17)27-20)29(21(19)24)26-13-15-8-4-7-11-18(15)31-3/h4-11,13-14H,12,24H2,1-3H3,(H,25,30). The highest BCUT2D eigenvalue weighted by Gasteiger charge is 2.24. The van der Waals surface area contributed by atoms with Crippen LogP contribution in [0.1, 0.15) is 29.8 Å². The van der Waals surface area contributed by atoms with Crippen molar-refractivity contribution in [2.75, 3.05) is 19.4 Å². The number of nitrogens with zero attached hydrogens (tertiary/aromatic N) is 4. The van der Waals surface area contributed by atoms with Gasteiger partial charge >= 0.3 is 0 Å². The van der Waals surface area contributed by atoms with Gasteiger partial charge in [0.15, 0.2) is 5.65 Å². The first-order valence-corrected chi connectivity index (χ1v) is 10.0. The third-order valence-corrected chi connectivity index (χ3v) is 4.82. The van der Waals surface area contributed by atoms with E-state index in [1.807, 2.05) is 62.4 Å². The Kier molecular flexibility index (Phi) is 5.53. The number of nitrogens with one attached hydrogen (secondary N) is 1. The molecule has 3 N–H and O–H groups in total. The molecule has 0 saturated heterocycles. The van der Waals surface area contributed by atoms with E-state index in [4.69, 9.17) is 10.5 Å². The van der Waals surface area contributed by atoms with Crippen LogP contribution in [0.15, 0.2) is 53.6 Å². The fraction of sp³-hybridized carbons (Fsp3) is 0.217. The molecule has 31 heavy (non-hydrogen) atoms. The molecule has 0 bridgehead atoms. The largest absolute Gasteiger partial charge is 0.496 e. The van der Waals surface area contributed by atoms with E-state index in [0.717, 1.165) is 5.56 Å². The van der Waals surface area contributed by atoms with Crippen molar-refractivity contribution < 1.29 is 9.53 Å². The molecule has 2 aromatic heterocycles. The molecule has 0 radical (unpaired) electrons. The number of fused-ring (bicyclic) bond motifs is 2. The first kappa shape index (κ1) is 20.3. The summed E-state index contributed by atoms with van der Waals surface area (Å²) in [6.45, 7) is 4.58. The second kappa shape index (κ2) is 8.43. The summed E-state index contributed by atoms with van der Waals surface area (Å²) < 4.78 is 6.83. The second-order valence-corrected chi connectivity index (χ2v) is 7.55. The first-order valence-electron chi connectivity index (χ1n) is 10.0. The van der Waals surface area contributed by atoms with Gasteiger partial charge in [-0.1, -0.05) is 38.1 Å². The number of hydrogen-bond acceptors (Lipinski definition) is 6. The third kappa shape index (κ3) is 3.92. The Labute approximate surface area is 179 Å².